The third kappa shape index (κ3) is 5.50. The van der Waals surface area contributed by atoms with Gasteiger partial charge in [-0.1, -0.05) is 12.1 Å². The van der Waals surface area contributed by atoms with Crippen LogP contribution in [0.1, 0.15) is 67.6 Å². The smallest absolute Gasteiger partial charge is 0.159 e. The molecule has 9 heteroatoms. The Labute approximate surface area is 219 Å². The van der Waals surface area contributed by atoms with Crippen molar-refractivity contribution in [2.75, 3.05) is 13.1 Å². The van der Waals surface area contributed by atoms with E-state index in [1.807, 2.05) is 51.4 Å². The molecule has 2 aliphatic heterocycles. The number of pyridine rings is 2. The van der Waals surface area contributed by atoms with Crippen molar-refractivity contribution in [3.05, 3.63) is 94.6 Å². The topological polar surface area (TPSA) is 67.4 Å². The fraction of sp³-hybridized carbons (Fsp3) is 0.429. The number of rotatable bonds is 6. The molecule has 1 spiro atoms. The van der Waals surface area contributed by atoms with Crippen molar-refractivity contribution in [3.63, 3.8) is 0 Å². The summed E-state index contributed by atoms with van der Waals surface area (Å²) in [6.45, 7) is 8.76. The number of piperidine rings is 1. The minimum absolute atomic E-state index is 0.228. The molecule has 1 aromatic carbocycles. The predicted octanol–water partition coefficient (Wildman–Crippen LogP) is 4.92. The Bertz CT molecular complexity index is 1290. The van der Waals surface area contributed by atoms with Gasteiger partial charge in [0.1, 0.15) is 0 Å². The number of likely N-dealkylation sites (tertiary alicyclic amines) is 1. The summed E-state index contributed by atoms with van der Waals surface area (Å²) >= 11 is 0. The third-order valence-corrected chi connectivity index (χ3v) is 8.74. The van der Waals surface area contributed by atoms with Crippen molar-refractivity contribution < 1.29 is 17.7 Å². The van der Waals surface area contributed by atoms with Gasteiger partial charge >= 0.3 is 0 Å². The fourth-order valence-electron chi connectivity index (χ4n) is 4.97. The molecule has 3 aromatic rings. The molecule has 196 valence electrons. The van der Waals surface area contributed by atoms with Gasteiger partial charge in [0.05, 0.1) is 39.7 Å². The molecule has 1 fully saturated rings. The molecule has 2 aliphatic rings. The normalized spacial score (nSPS) is 19.1. The van der Waals surface area contributed by atoms with Crippen LogP contribution < -0.4 is 4.72 Å². The molecular formula is C28H32F2N4O2S. The Hall–Kier alpha value is -2.59. The first kappa shape index (κ1) is 26.0. The number of halogens is 2. The first-order chi connectivity index (χ1) is 17.6. The summed E-state index contributed by atoms with van der Waals surface area (Å²) in [6, 6.07) is 8.96. The van der Waals surface area contributed by atoms with Crippen molar-refractivity contribution >= 4 is 11.0 Å². The standard InChI is InChI=1S/C28H32F2N4O2S/c1-27(2,3)37(35)33-26(20-5-6-23(29)24(30)14-20)25-7-4-19(15-32-25)17-34-12-9-28(10-13-34)22-16-31-11-8-21(22)18-36-28/h4-8,11,14-16,26,33H,9-10,12-13,17-18H2,1-3H3/t26-,37+/m1/s1. The molecule has 1 saturated heterocycles. The second-order valence-corrected chi connectivity index (χ2v) is 12.8. The molecule has 0 aliphatic carbocycles. The van der Waals surface area contributed by atoms with E-state index in [-0.39, 0.29) is 5.60 Å². The number of ether oxygens (including phenoxy) is 1. The number of benzene rings is 1. The Morgan fingerprint density at radius 3 is 2.57 bits per heavy atom. The van der Waals surface area contributed by atoms with E-state index in [0.717, 1.165) is 50.2 Å². The highest BCUT2D eigenvalue weighted by atomic mass is 32.2. The highest BCUT2D eigenvalue weighted by molar-refractivity contribution is 7.84. The highest BCUT2D eigenvalue weighted by Crippen LogP contribution is 2.43. The van der Waals surface area contributed by atoms with Gasteiger partial charge in [0.2, 0.25) is 0 Å². The minimum Gasteiger partial charge on any atom is -0.365 e. The van der Waals surface area contributed by atoms with Gasteiger partial charge in [0.25, 0.3) is 0 Å². The molecule has 1 N–H and O–H groups in total. The summed E-state index contributed by atoms with van der Waals surface area (Å²) in [5.74, 6) is -1.87. The molecule has 37 heavy (non-hydrogen) atoms. The van der Waals surface area contributed by atoms with Crippen LogP contribution in [0.15, 0.2) is 55.0 Å². The molecule has 0 unspecified atom stereocenters. The Morgan fingerprint density at radius 1 is 1.11 bits per heavy atom. The van der Waals surface area contributed by atoms with Crippen LogP contribution in [0.25, 0.3) is 0 Å². The SMILES string of the molecule is CC(C)(C)[S@](=O)N[C@H](c1ccc(F)c(F)c1)c1ccc(CN2CCC3(CC2)OCc2ccncc23)cn1. The van der Waals surface area contributed by atoms with Gasteiger partial charge < -0.3 is 4.74 Å². The number of hydrogen-bond donors (Lipinski definition) is 1. The molecule has 5 rings (SSSR count). The molecule has 6 nitrogen and oxygen atoms in total. The van der Waals surface area contributed by atoms with Crippen molar-refractivity contribution in [1.29, 1.82) is 0 Å². The Kier molecular flexibility index (Phi) is 7.24. The molecule has 0 radical (unpaired) electrons. The van der Waals surface area contributed by atoms with E-state index >= 15 is 0 Å². The second-order valence-electron chi connectivity index (χ2n) is 10.8. The number of hydrogen-bond acceptors (Lipinski definition) is 5. The monoisotopic (exact) mass is 526 g/mol. The maximum absolute atomic E-state index is 14.0. The third-order valence-electron chi connectivity index (χ3n) is 7.18. The van der Waals surface area contributed by atoms with Crippen LogP contribution in [-0.2, 0) is 34.5 Å². The number of nitrogens with zero attached hydrogens (tertiary/aromatic N) is 3. The lowest BCUT2D eigenvalue weighted by Gasteiger charge is -2.39. The number of nitrogens with one attached hydrogen (secondary N) is 1. The maximum Gasteiger partial charge on any atom is 0.159 e. The molecule has 0 amide bonds. The molecule has 4 heterocycles. The van der Waals surface area contributed by atoms with Crippen LogP contribution in [0, 0.1) is 11.6 Å². The van der Waals surface area contributed by atoms with Gasteiger partial charge in [-0.15, -0.1) is 0 Å². The predicted molar refractivity (Wildman–Crippen MR) is 139 cm³/mol. The van der Waals surface area contributed by atoms with Crippen LogP contribution >= 0.6 is 0 Å². The summed E-state index contributed by atoms with van der Waals surface area (Å²) in [5, 5.41) is 0. The van der Waals surface area contributed by atoms with Gasteiger partial charge in [0.15, 0.2) is 11.6 Å². The zero-order valence-corrected chi connectivity index (χ0v) is 22.2. The zero-order chi connectivity index (χ0) is 26.2. The Balaban J connectivity index is 1.28. The second kappa shape index (κ2) is 10.3. The van der Waals surface area contributed by atoms with Crippen molar-refractivity contribution in [2.45, 2.75) is 63.2 Å². The van der Waals surface area contributed by atoms with E-state index in [1.54, 1.807) is 6.20 Å². The average molecular weight is 527 g/mol. The summed E-state index contributed by atoms with van der Waals surface area (Å²) in [6.07, 6.45) is 7.40. The first-order valence-electron chi connectivity index (χ1n) is 12.5. The molecule has 0 bridgehead atoms. The van der Waals surface area contributed by atoms with Crippen LogP contribution in [0.3, 0.4) is 0 Å². The van der Waals surface area contributed by atoms with E-state index in [0.29, 0.717) is 17.9 Å². The summed E-state index contributed by atoms with van der Waals surface area (Å²) in [7, 11) is -1.44. The maximum atomic E-state index is 14.0. The summed E-state index contributed by atoms with van der Waals surface area (Å²) in [4.78, 5) is 11.3. The van der Waals surface area contributed by atoms with Gasteiger partial charge in [-0.2, -0.15) is 0 Å². The van der Waals surface area contributed by atoms with Crippen LogP contribution in [-0.4, -0.2) is 36.9 Å². The largest absolute Gasteiger partial charge is 0.365 e. The molecule has 2 aromatic heterocycles. The number of aromatic nitrogens is 2. The van der Waals surface area contributed by atoms with Gasteiger partial charge in [-0.3, -0.25) is 14.9 Å². The molecule has 0 saturated carbocycles. The minimum atomic E-state index is -1.44. The van der Waals surface area contributed by atoms with Gasteiger partial charge in [0, 0.05) is 43.8 Å². The number of fused-ring (bicyclic) bond motifs is 2. The summed E-state index contributed by atoms with van der Waals surface area (Å²) < 4.78 is 49.2. The van der Waals surface area contributed by atoms with Crippen molar-refractivity contribution in [2.24, 2.45) is 0 Å². The van der Waals surface area contributed by atoms with E-state index in [1.165, 1.54) is 17.2 Å². The average Bonchev–Trinajstić information content (AvgIpc) is 3.24. The van der Waals surface area contributed by atoms with Gasteiger partial charge in [-0.25, -0.2) is 17.7 Å². The van der Waals surface area contributed by atoms with E-state index in [4.69, 9.17) is 4.74 Å². The van der Waals surface area contributed by atoms with E-state index in [9.17, 15) is 13.0 Å². The lowest BCUT2D eigenvalue weighted by molar-refractivity contribution is -0.0800. The first-order valence-corrected chi connectivity index (χ1v) is 13.7. The van der Waals surface area contributed by atoms with Crippen LogP contribution in [0.2, 0.25) is 0 Å². The van der Waals surface area contributed by atoms with Gasteiger partial charge in [-0.05, 0) is 74.6 Å². The molecular weight excluding hydrogens is 494 g/mol. The lowest BCUT2D eigenvalue weighted by atomic mass is 9.84. The quantitative estimate of drug-likeness (QED) is 0.494. The Morgan fingerprint density at radius 2 is 1.89 bits per heavy atom. The zero-order valence-electron chi connectivity index (χ0n) is 21.3. The van der Waals surface area contributed by atoms with E-state index < -0.39 is 33.4 Å². The summed E-state index contributed by atoms with van der Waals surface area (Å²) in [5.41, 5.74) is 4.34. The van der Waals surface area contributed by atoms with Crippen LogP contribution in [0.5, 0.6) is 0 Å². The molecule has 2 atom stereocenters. The van der Waals surface area contributed by atoms with Crippen molar-refractivity contribution in [1.82, 2.24) is 19.6 Å². The highest BCUT2D eigenvalue weighted by Gasteiger charge is 2.42. The van der Waals surface area contributed by atoms with Crippen molar-refractivity contribution in [3.8, 4) is 0 Å². The van der Waals surface area contributed by atoms with Crippen LogP contribution in [0.4, 0.5) is 8.78 Å². The van der Waals surface area contributed by atoms with E-state index in [2.05, 4.69) is 19.6 Å². The lowest BCUT2D eigenvalue weighted by Crippen LogP contribution is -2.42. The fourth-order valence-corrected chi connectivity index (χ4v) is 5.80.